The number of alkyl halides is 3. The zero-order valence-corrected chi connectivity index (χ0v) is 7.84. The van der Waals surface area contributed by atoms with Crippen molar-refractivity contribution in [3.05, 3.63) is 17.5 Å². The standard InChI is InChI=1S/C9H10F3NO2/c10-9(11,12)7-4-6(13-15-7)8(5-14)2-1-3-8/h4,14H,1-3,5H2. The maximum atomic E-state index is 12.2. The Morgan fingerprint density at radius 3 is 2.47 bits per heavy atom. The molecule has 15 heavy (non-hydrogen) atoms. The van der Waals surface area contributed by atoms with Crippen LogP contribution in [0.5, 0.6) is 0 Å². The first-order chi connectivity index (χ1) is 6.98. The van der Waals surface area contributed by atoms with E-state index in [1.165, 1.54) is 0 Å². The minimum Gasteiger partial charge on any atom is -0.395 e. The smallest absolute Gasteiger partial charge is 0.395 e. The van der Waals surface area contributed by atoms with E-state index in [2.05, 4.69) is 9.68 Å². The molecule has 0 saturated heterocycles. The van der Waals surface area contributed by atoms with Gasteiger partial charge < -0.3 is 9.63 Å². The highest BCUT2D eigenvalue weighted by atomic mass is 19.4. The first-order valence-electron chi connectivity index (χ1n) is 4.63. The third-order valence-electron chi connectivity index (χ3n) is 2.95. The highest BCUT2D eigenvalue weighted by Crippen LogP contribution is 2.44. The van der Waals surface area contributed by atoms with Gasteiger partial charge in [-0.25, -0.2) is 0 Å². The van der Waals surface area contributed by atoms with E-state index in [4.69, 9.17) is 5.11 Å². The van der Waals surface area contributed by atoms with E-state index >= 15 is 0 Å². The Morgan fingerprint density at radius 1 is 1.47 bits per heavy atom. The molecule has 84 valence electrons. The normalized spacial score (nSPS) is 20.0. The molecule has 2 rings (SSSR count). The van der Waals surface area contributed by atoms with Gasteiger partial charge >= 0.3 is 6.18 Å². The Kier molecular flexibility index (Phi) is 2.26. The van der Waals surface area contributed by atoms with Gasteiger partial charge in [0.2, 0.25) is 5.76 Å². The molecule has 1 aliphatic rings. The van der Waals surface area contributed by atoms with Gasteiger partial charge in [0.25, 0.3) is 0 Å². The summed E-state index contributed by atoms with van der Waals surface area (Å²) < 4.78 is 40.9. The second-order valence-corrected chi connectivity index (χ2v) is 3.87. The fourth-order valence-electron chi connectivity index (χ4n) is 1.76. The van der Waals surface area contributed by atoms with Crippen LogP contribution >= 0.6 is 0 Å². The van der Waals surface area contributed by atoms with Gasteiger partial charge in [-0.05, 0) is 12.8 Å². The summed E-state index contributed by atoms with van der Waals surface area (Å²) >= 11 is 0. The predicted octanol–water partition coefficient (Wildman–Crippen LogP) is 2.11. The number of hydrogen-bond donors (Lipinski definition) is 1. The van der Waals surface area contributed by atoms with Crippen LogP contribution in [-0.4, -0.2) is 16.9 Å². The van der Waals surface area contributed by atoms with Crippen molar-refractivity contribution in [2.45, 2.75) is 30.9 Å². The van der Waals surface area contributed by atoms with Crippen LogP contribution in [0.25, 0.3) is 0 Å². The second kappa shape index (κ2) is 3.23. The van der Waals surface area contributed by atoms with E-state index in [1.54, 1.807) is 0 Å². The molecule has 0 aliphatic heterocycles. The highest BCUT2D eigenvalue weighted by Gasteiger charge is 2.44. The van der Waals surface area contributed by atoms with Crippen molar-refractivity contribution in [2.75, 3.05) is 6.61 Å². The van der Waals surface area contributed by atoms with Crippen molar-refractivity contribution in [3.63, 3.8) is 0 Å². The van der Waals surface area contributed by atoms with Crippen LogP contribution in [0.15, 0.2) is 10.6 Å². The lowest BCUT2D eigenvalue weighted by molar-refractivity contribution is -0.155. The molecular weight excluding hydrogens is 211 g/mol. The Balaban J connectivity index is 2.27. The molecule has 1 saturated carbocycles. The SMILES string of the molecule is OCC1(c2cc(C(F)(F)F)on2)CCC1. The van der Waals surface area contributed by atoms with Crippen LogP contribution in [0, 0.1) is 0 Å². The molecule has 1 aromatic heterocycles. The van der Waals surface area contributed by atoms with Crippen molar-refractivity contribution < 1.29 is 22.8 Å². The van der Waals surface area contributed by atoms with Gasteiger partial charge in [0.15, 0.2) is 0 Å². The summed E-state index contributed by atoms with van der Waals surface area (Å²) in [5, 5.41) is 12.5. The summed E-state index contributed by atoms with van der Waals surface area (Å²) in [6.45, 7) is -0.184. The third-order valence-corrected chi connectivity index (χ3v) is 2.95. The molecular formula is C9H10F3NO2. The van der Waals surface area contributed by atoms with E-state index in [-0.39, 0.29) is 12.3 Å². The zero-order chi connectivity index (χ0) is 11.1. The summed E-state index contributed by atoms with van der Waals surface area (Å²) in [7, 11) is 0. The molecule has 0 spiro atoms. The van der Waals surface area contributed by atoms with Crippen molar-refractivity contribution in [2.24, 2.45) is 0 Å². The number of rotatable bonds is 2. The van der Waals surface area contributed by atoms with Crippen LogP contribution in [0.4, 0.5) is 13.2 Å². The molecule has 3 nitrogen and oxygen atoms in total. The number of aromatic nitrogens is 1. The quantitative estimate of drug-likeness (QED) is 0.831. The minimum atomic E-state index is -4.51. The molecule has 0 amide bonds. The Bertz CT molecular complexity index is 349. The van der Waals surface area contributed by atoms with Crippen molar-refractivity contribution in [3.8, 4) is 0 Å². The van der Waals surface area contributed by atoms with Crippen molar-refractivity contribution >= 4 is 0 Å². The van der Waals surface area contributed by atoms with Crippen molar-refractivity contribution in [1.29, 1.82) is 0 Å². The van der Waals surface area contributed by atoms with E-state index in [9.17, 15) is 13.2 Å². The van der Waals surface area contributed by atoms with Crippen LogP contribution in [0.1, 0.15) is 30.7 Å². The Hall–Kier alpha value is -1.04. The third kappa shape index (κ3) is 1.62. The van der Waals surface area contributed by atoms with Crippen LogP contribution in [0.3, 0.4) is 0 Å². The summed E-state index contributed by atoms with van der Waals surface area (Å²) in [5.41, 5.74) is -0.393. The molecule has 1 fully saturated rings. The lowest BCUT2D eigenvalue weighted by Crippen LogP contribution is -2.38. The molecule has 0 radical (unpaired) electrons. The molecule has 1 aromatic rings. The Morgan fingerprint density at radius 2 is 2.13 bits per heavy atom. The van der Waals surface area contributed by atoms with E-state index < -0.39 is 17.4 Å². The van der Waals surface area contributed by atoms with E-state index in [0.29, 0.717) is 12.8 Å². The molecule has 0 aromatic carbocycles. The largest absolute Gasteiger partial charge is 0.452 e. The van der Waals surface area contributed by atoms with E-state index in [0.717, 1.165) is 12.5 Å². The van der Waals surface area contributed by atoms with Crippen LogP contribution < -0.4 is 0 Å². The summed E-state index contributed by atoms with van der Waals surface area (Å²) in [4.78, 5) is 0. The molecule has 1 heterocycles. The summed E-state index contributed by atoms with van der Waals surface area (Å²) in [5.74, 6) is -1.10. The zero-order valence-electron chi connectivity index (χ0n) is 7.84. The lowest BCUT2D eigenvalue weighted by atomic mass is 9.67. The number of aliphatic hydroxyl groups excluding tert-OH is 1. The fraction of sp³-hybridized carbons (Fsp3) is 0.667. The number of halogens is 3. The van der Waals surface area contributed by atoms with Crippen LogP contribution in [0.2, 0.25) is 0 Å². The van der Waals surface area contributed by atoms with Gasteiger partial charge in [-0.15, -0.1) is 0 Å². The van der Waals surface area contributed by atoms with Gasteiger partial charge in [-0.2, -0.15) is 13.2 Å². The van der Waals surface area contributed by atoms with Crippen LogP contribution in [-0.2, 0) is 11.6 Å². The molecule has 1 N–H and O–H groups in total. The Labute approximate surface area is 83.9 Å². The van der Waals surface area contributed by atoms with Crippen molar-refractivity contribution in [1.82, 2.24) is 5.16 Å². The fourth-order valence-corrected chi connectivity index (χ4v) is 1.76. The highest BCUT2D eigenvalue weighted by molar-refractivity contribution is 5.22. The molecule has 0 bridgehead atoms. The molecule has 6 heteroatoms. The lowest BCUT2D eigenvalue weighted by Gasteiger charge is -2.38. The van der Waals surface area contributed by atoms with Gasteiger partial charge in [0.1, 0.15) is 0 Å². The second-order valence-electron chi connectivity index (χ2n) is 3.87. The first kappa shape index (κ1) is 10.5. The average molecular weight is 221 g/mol. The summed E-state index contributed by atoms with van der Waals surface area (Å²) in [6, 6.07) is 0.884. The molecule has 0 atom stereocenters. The van der Waals surface area contributed by atoms with Gasteiger partial charge in [0.05, 0.1) is 12.3 Å². The number of nitrogens with zero attached hydrogens (tertiary/aromatic N) is 1. The van der Waals surface area contributed by atoms with Gasteiger partial charge in [0, 0.05) is 11.5 Å². The van der Waals surface area contributed by atoms with E-state index in [1.807, 2.05) is 0 Å². The number of hydrogen-bond acceptors (Lipinski definition) is 3. The predicted molar refractivity (Wildman–Crippen MR) is 44.1 cm³/mol. The minimum absolute atomic E-state index is 0.184. The molecule has 1 aliphatic carbocycles. The first-order valence-corrected chi connectivity index (χ1v) is 4.63. The maximum absolute atomic E-state index is 12.2. The number of aliphatic hydroxyl groups is 1. The monoisotopic (exact) mass is 221 g/mol. The average Bonchev–Trinajstić information content (AvgIpc) is 2.51. The van der Waals surface area contributed by atoms with Gasteiger partial charge in [-0.1, -0.05) is 11.6 Å². The molecule has 0 unspecified atom stereocenters. The summed E-state index contributed by atoms with van der Waals surface area (Å²) in [6.07, 6.45) is -2.29. The van der Waals surface area contributed by atoms with Gasteiger partial charge in [-0.3, -0.25) is 0 Å². The maximum Gasteiger partial charge on any atom is 0.452 e. The topological polar surface area (TPSA) is 46.3 Å².